The molecule has 9 nitrogen and oxygen atoms in total. The van der Waals surface area contributed by atoms with Crippen molar-refractivity contribution in [3.8, 4) is 0 Å². The van der Waals surface area contributed by atoms with Crippen LogP contribution in [0.3, 0.4) is 0 Å². The number of likely N-dealkylation sites (N-methyl/N-ethyl adjacent to an activating group) is 1. The Kier molecular flexibility index (Phi) is 24.8. The molecule has 0 aromatic heterocycles. The topological polar surface area (TPSA) is 165 Å². The number of nitrogens with one attached hydrogen (secondary N) is 1. The van der Waals surface area contributed by atoms with E-state index >= 15 is 0 Å². The first-order valence-corrected chi connectivity index (χ1v) is 18.0. The summed E-state index contributed by atoms with van der Waals surface area (Å²) in [5.41, 5.74) is 15.1. The maximum atomic E-state index is 10.5. The summed E-state index contributed by atoms with van der Waals surface area (Å²) >= 11 is 0. The predicted octanol–water partition coefficient (Wildman–Crippen LogP) is 9.19. The van der Waals surface area contributed by atoms with E-state index in [1.807, 2.05) is 24.3 Å². The van der Waals surface area contributed by atoms with E-state index in [1.165, 1.54) is 80.0 Å². The number of rotatable bonds is 12. The highest BCUT2D eigenvalue weighted by Crippen LogP contribution is 2.41. The van der Waals surface area contributed by atoms with Crippen molar-refractivity contribution in [2.24, 2.45) is 16.6 Å². The van der Waals surface area contributed by atoms with Crippen molar-refractivity contribution in [1.29, 1.82) is 5.41 Å². The second kappa shape index (κ2) is 25.8. The van der Waals surface area contributed by atoms with Gasteiger partial charge >= 0.3 is 41.0 Å². The highest BCUT2D eigenvalue weighted by molar-refractivity contribution is 5.81. The van der Waals surface area contributed by atoms with Gasteiger partial charge in [-0.15, -0.1) is 0 Å². The highest BCUT2D eigenvalue weighted by atomic mass is 24.3. The lowest BCUT2D eigenvalue weighted by Gasteiger charge is -2.33. The Balaban J connectivity index is 0. The lowest BCUT2D eigenvalue weighted by molar-refractivity contribution is -0.137. The largest absolute Gasteiger partial charge is 0.480 e. The van der Waals surface area contributed by atoms with Gasteiger partial charge in [-0.25, -0.2) is 9.59 Å². The van der Waals surface area contributed by atoms with Crippen LogP contribution in [-0.4, -0.2) is 80.7 Å². The molecule has 0 spiro atoms. The fraction of sp³-hybridized carbons (Fsp3) is 0.455. The maximum absolute atomic E-state index is 10.5. The van der Waals surface area contributed by atoms with Gasteiger partial charge in [-0.1, -0.05) is 111 Å². The number of allylic oxidation sites excluding steroid dienone is 18. The van der Waals surface area contributed by atoms with E-state index in [-0.39, 0.29) is 46.4 Å². The summed E-state index contributed by atoms with van der Waals surface area (Å²) in [5.74, 6) is -3.06. The van der Waals surface area contributed by atoms with Crippen LogP contribution in [0.1, 0.15) is 108 Å². The predicted molar refractivity (Wildman–Crippen MR) is 228 cm³/mol. The first-order chi connectivity index (χ1) is 24.5. The number of hydrogen-bond donors (Lipinski definition) is 5. The molecule has 0 fully saturated rings. The molecule has 6 N–H and O–H groups in total. The third kappa shape index (κ3) is 22.8. The second-order valence-corrected chi connectivity index (χ2v) is 15.2. The van der Waals surface area contributed by atoms with Gasteiger partial charge < -0.3 is 26.0 Å². The Hall–Kier alpha value is -4.15. The van der Waals surface area contributed by atoms with Crippen LogP contribution in [0.15, 0.2) is 117 Å². The summed E-state index contributed by atoms with van der Waals surface area (Å²) in [4.78, 5) is 32.1. The van der Waals surface area contributed by atoms with Gasteiger partial charge in [0.2, 0.25) is 0 Å². The molecule has 0 bridgehead atoms. The highest BCUT2D eigenvalue weighted by Gasteiger charge is 2.27. The van der Waals surface area contributed by atoms with E-state index in [1.54, 1.807) is 26.0 Å². The number of hydrogen-bond acceptors (Lipinski definition) is 4. The molecule has 0 heterocycles. The zero-order valence-corrected chi connectivity index (χ0v) is 34.0. The van der Waals surface area contributed by atoms with Gasteiger partial charge in [0.15, 0.2) is 5.96 Å². The monoisotopic (exact) mass is 757 g/mol. The van der Waals surface area contributed by atoms with Crippen LogP contribution in [0.25, 0.3) is 0 Å². The van der Waals surface area contributed by atoms with Crippen LogP contribution in [0, 0.1) is 16.2 Å². The molecule has 0 saturated carbocycles. The third-order valence-corrected chi connectivity index (χ3v) is 9.03. The summed E-state index contributed by atoms with van der Waals surface area (Å²) < 4.78 is 0. The fourth-order valence-corrected chi connectivity index (χ4v) is 6.04. The molecule has 0 atom stereocenters. The Bertz CT molecular complexity index is 1520. The zero-order valence-electron chi connectivity index (χ0n) is 34.0. The molecule has 0 radical (unpaired) electrons. The number of nitrogens with two attached hydrogens (primary N) is 1. The van der Waals surface area contributed by atoms with Crippen LogP contribution in [-0.2, 0) is 14.4 Å². The minimum Gasteiger partial charge on any atom is -0.480 e. The lowest BCUT2D eigenvalue weighted by Crippen LogP contribution is -2.36. The van der Waals surface area contributed by atoms with Crippen molar-refractivity contribution in [2.45, 2.75) is 108 Å². The van der Waals surface area contributed by atoms with Gasteiger partial charge in [-0.2, -0.15) is 0 Å². The van der Waals surface area contributed by atoms with Gasteiger partial charge in [-0.3, -0.25) is 10.2 Å². The van der Waals surface area contributed by atoms with Crippen LogP contribution >= 0.6 is 0 Å². The number of carboxylic acid groups (broad SMARTS) is 3. The standard InChI is InChI=1S/2C20H28O2.C4H9N3O2.Mg.2H/c2*1-15(8-6-9-16(2)14-19(21)22)11-12-18-17(3)10-7-13-20(18,4)5;1-7(4(5)6)2-3(8)9;;;/h2*6,8-9,11-12,14H,7,10,13H2,1-5H3,(H,21,22);2H2,1H3,(H3,5,6)(H,8,9);;;/b2*9-6+,12-11+,15-8+,16-14-;;;;. The average Bonchev–Trinajstić information content (AvgIpc) is 2.99. The van der Waals surface area contributed by atoms with E-state index in [9.17, 15) is 14.4 Å². The molecule has 0 saturated heterocycles. The molecular weight excluding hydrogens is 691 g/mol. The molecule has 0 amide bonds. The number of aliphatic carboxylic acids is 3. The second-order valence-electron chi connectivity index (χ2n) is 15.2. The van der Waals surface area contributed by atoms with Crippen molar-refractivity contribution in [2.75, 3.05) is 13.6 Å². The minimum atomic E-state index is -0.993. The number of carboxylic acids is 3. The fourth-order valence-electron chi connectivity index (χ4n) is 6.04. The van der Waals surface area contributed by atoms with Crippen LogP contribution in [0.5, 0.6) is 0 Å². The summed E-state index contributed by atoms with van der Waals surface area (Å²) in [6.45, 7) is 21.2. The molecule has 10 heteroatoms. The number of nitrogens with zero attached hydrogens (tertiary/aromatic N) is 1. The van der Waals surface area contributed by atoms with Gasteiger partial charge in [0.05, 0.1) is 0 Å². The van der Waals surface area contributed by atoms with Crippen molar-refractivity contribution < 1.29 is 29.7 Å². The van der Waals surface area contributed by atoms with E-state index in [4.69, 9.17) is 26.5 Å². The van der Waals surface area contributed by atoms with Crippen LogP contribution in [0.2, 0.25) is 0 Å². The first kappa shape index (κ1) is 52.0. The Labute approximate surface area is 340 Å². The maximum Gasteiger partial charge on any atom is 0.328 e. The van der Waals surface area contributed by atoms with E-state index < -0.39 is 17.9 Å². The van der Waals surface area contributed by atoms with Crippen LogP contribution in [0.4, 0.5) is 0 Å². The summed E-state index contributed by atoms with van der Waals surface area (Å²) in [6.07, 6.45) is 30.0. The Morgan fingerprint density at radius 3 is 1.31 bits per heavy atom. The lowest BCUT2D eigenvalue weighted by atomic mass is 9.72. The number of carbonyl (C=O) groups is 3. The van der Waals surface area contributed by atoms with Gasteiger partial charge in [-0.05, 0) is 113 Å². The molecule has 2 rings (SSSR count). The molecule has 2 aliphatic carbocycles. The zero-order chi connectivity index (χ0) is 40.9. The average molecular weight is 758 g/mol. The Morgan fingerprint density at radius 1 is 0.704 bits per heavy atom. The molecule has 296 valence electrons. The SMILES string of the molecule is CC1=C(/C=C/C(C)=C/C=C/C(C)=C\C(=O)O)C(C)(C)CCC1.CC1=C(/C=C/C(C)=C/C=C/C(C)=C\C(=O)O)C(C)(C)CCC1.CN(CC(=O)O)C(=N)N.[MgH2]. The van der Waals surface area contributed by atoms with Crippen LogP contribution < -0.4 is 5.73 Å². The molecule has 54 heavy (non-hydrogen) atoms. The summed E-state index contributed by atoms with van der Waals surface area (Å²) in [7, 11) is 1.44. The molecule has 0 aliphatic heterocycles. The quantitative estimate of drug-likeness (QED) is 0.0432. The number of guanidine groups is 1. The summed E-state index contributed by atoms with van der Waals surface area (Å²) in [5, 5.41) is 32.2. The molecule has 2 aliphatic rings. The minimum absolute atomic E-state index is 0. The first-order valence-electron chi connectivity index (χ1n) is 18.0. The van der Waals surface area contributed by atoms with E-state index in [0.717, 1.165) is 27.2 Å². The molecule has 0 unspecified atom stereocenters. The molecule has 0 aromatic rings. The van der Waals surface area contributed by atoms with Crippen molar-refractivity contribution in [1.82, 2.24) is 4.90 Å². The third-order valence-electron chi connectivity index (χ3n) is 9.03. The van der Waals surface area contributed by atoms with Crippen molar-refractivity contribution in [3.05, 3.63) is 117 Å². The molecular formula is C44H67MgN3O6. The van der Waals surface area contributed by atoms with Gasteiger partial charge in [0.1, 0.15) is 6.54 Å². The molecule has 0 aromatic carbocycles. The normalized spacial score (nSPS) is 17.9. The van der Waals surface area contributed by atoms with Crippen molar-refractivity contribution in [3.63, 3.8) is 0 Å². The van der Waals surface area contributed by atoms with Gasteiger partial charge in [0, 0.05) is 19.2 Å². The van der Waals surface area contributed by atoms with E-state index in [0.29, 0.717) is 0 Å². The Morgan fingerprint density at radius 2 is 1.06 bits per heavy atom. The summed E-state index contributed by atoms with van der Waals surface area (Å²) in [6, 6.07) is 0. The van der Waals surface area contributed by atoms with E-state index in [2.05, 4.69) is 79.7 Å². The van der Waals surface area contributed by atoms with Gasteiger partial charge in [0.25, 0.3) is 0 Å². The van der Waals surface area contributed by atoms with Crippen molar-refractivity contribution >= 4 is 46.9 Å². The smallest absolute Gasteiger partial charge is 0.328 e.